The number of methoxy groups -OCH3 is 1. The van der Waals surface area contributed by atoms with E-state index < -0.39 is 23.9 Å². The molecule has 1 heterocycles. The molecule has 222 valence electrons. The van der Waals surface area contributed by atoms with Gasteiger partial charge in [0, 0.05) is 17.4 Å². The lowest BCUT2D eigenvalue weighted by Crippen LogP contribution is -2.30. The van der Waals surface area contributed by atoms with Gasteiger partial charge in [-0.15, -0.1) is 0 Å². The summed E-state index contributed by atoms with van der Waals surface area (Å²) in [7, 11) is 1.47. The number of hydrogen-bond acceptors (Lipinski definition) is 7. The number of nitrogens with one attached hydrogen (secondary N) is 4. The molecule has 5 N–H and O–H groups in total. The van der Waals surface area contributed by atoms with Crippen molar-refractivity contribution in [1.29, 1.82) is 0 Å². The van der Waals surface area contributed by atoms with E-state index in [4.69, 9.17) is 9.26 Å². The van der Waals surface area contributed by atoms with E-state index in [0.717, 1.165) is 5.56 Å². The van der Waals surface area contributed by atoms with Gasteiger partial charge in [-0.05, 0) is 60.9 Å². The average molecular weight is 586 g/mol. The molecule has 0 unspecified atom stereocenters. The zero-order valence-electron chi connectivity index (χ0n) is 23.8. The Morgan fingerprint density at radius 2 is 1.63 bits per heavy atom. The van der Waals surface area contributed by atoms with Crippen molar-refractivity contribution >= 4 is 40.9 Å². The summed E-state index contributed by atoms with van der Waals surface area (Å²) in [5.41, 5.74) is 3.77. The fourth-order valence-electron chi connectivity index (χ4n) is 4.26. The molecule has 0 fully saturated rings. The highest BCUT2D eigenvalue weighted by Crippen LogP contribution is 2.27. The van der Waals surface area contributed by atoms with Crippen molar-refractivity contribution in [3.63, 3.8) is 0 Å². The average Bonchev–Trinajstić information content (AvgIpc) is 3.41. The minimum atomic E-state index is -1.09. The van der Waals surface area contributed by atoms with Gasteiger partial charge in [0.15, 0.2) is 5.69 Å². The summed E-state index contributed by atoms with van der Waals surface area (Å²) in [4.78, 5) is 49.2. The van der Waals surface area contributed by atoms with Crippen LogP contribution in [0, 0.1) is 13.8 Å². The van der Waals surface area contributed by atoms with Gasteiger partial charge in [-0.25, -0.2) is 4.79 Å². The van der Waals surface area contributed by atoms with E-state index in [1.54, 1.807) is 55.5 Å². The second-order valence-electron chi connectivity index (χ2n) is 9.72. The molecular weight excluding hydrogens is 554 g/mol. The minimum Gasteiger partial charge on any atom is -0.495 e. The number of nitrogens with zero attached hydrogens (tertiary/aromatic N) is 1. The van der Waals surface area contributed by atoms with Crippen LogP contribution in [0.5, 0.6) is 5.75 Å². The Hall–Kier alpha value is -5.65. The highest BCUT2D eigenvalue weighted by Gasteiger charge is 2.21. The van der Waals surface area contributed by atoms with Crippen LogP contribution in [0.25, 0.3) is 0 Å². The van der Waals surface area contributed by atoms with E-state index in [1.807, 2.05) is 25.1 Å². The fourth-order valence-corrected chi connectivity index (χ4v) is 4.26. The molecule has 0 bridgehead atoms. The number of para-hydroxylation sites is 1. The normalized spacial score (nSPS) is 11.2. The largest absolute Gasteiger partial charge is 0.495 e. The first kappa shape index (κ1) is 30.3. The summed E-state index contributed by atoms with van der Waals surface area (Å²) in [5.74, 6) is -1.12. The van der Waals surface area contributed by atoms with Gasteiger partial charge in [-0.3, -0.25) is 14.4 Å². The first-order valence-corrected chi connectivity index (χ1v) is 13.3. The zero-order valence-corrected chi connectivity index (χ0v) is 23.8. The molecule has 4 amide bonds. The zero-order chi connectivity index (χ0) is 30.9. The molecule has 1 atom stereocenters. The van der Waals surface area contributed by atoms with E-state index in [9.17, 15) is 24.3 Å². The molecule has 1 aromatic heterocycles. The number of carboxylic acids is 1. The number of amides is 4. The van der Waals surface area contributed by atoms with Crippen molar-refractivity contribution in [2.75, 3.05) is 23.1 Å². The van der Waals surface area contributed by atoms with Crippen molar-refractivity contribution in [3.8, 4) is 5.75 Å². The third kappa shape index (κ3) is 8.43. The van der Waals surface area contributed by atoms with Gasteiger partial charge in [0.2, 0.25) is 5.91 Å². The van der Waals surface area contributed by atoms with Crippen LogP contribution in [0.4, 0.5) is 21.9 Å². The van der Waals surface area contributed by atoms with Gasteiger partial charge in [0.05, 0.1) is 31.7 Å². The number of carboxylic acid groups (broad SMARTS) is 1. The van der Waals surface area contributed by atoms with Crippen LogP contribution < -0.4 is 26.0 Å². The van der Waals surface area contributed by atoms with Gasteiger partial charge in [0.25, 0.3) is 5.91 Å². The molecule has 43 heavy (non-hydrogen) atoms. The van der Waals surface area contributed by atoms with Gasteiger partial charge in [0.1, 0.15) is 11.5 Å². The van der Waals surface area contributed by atoms with Gasteiger partial charge >= 0.3 is 12.0 Å². The Labute approximate surface area is 247 Å². The van der Waals surface area contributed by atoms with E-state index in [2.05, 4.69) is 26.4 Å². The molecule has 12 heteroatoms. The number of rotatable bonds is 11. The summed E-state index contributed by atoms with van der Waals surface area (Å²) in [6.45, 7) is 3.53. The Balaban J connectivity index is 1.36. The number of aryl methyl sites for hydroxylation is 2. The lowest BCUT2D eigenvalue weighted by Gasteiger charge is -2.17. The first-order chi connectivity index (χ1) is 20.6. The fraction of sp³-hybridized carbons (Fsp3) is 0.194. The Bertz CT molecular complexity index is 1630. The summed E-state index contributed by atoms with van der Waals surface area (Å²) >= 11 is 0. The lowest BCUT2D eigenvalue weighted by molar-refractivity contribution is -0.137. The number of anilines is 3. The number of aromatic nitrogens is 1. The Morgan fingerprint density at radius 3 is 2.28 bits per heavy atom. The highest BCUT2D eigenvalue weighted by molar-refractivity contribution is 6.01. The number of carbonyl (C=O) groups is 4. The second kappa shape index (κ2) is 13.8. The molecule has 0 aliphatic carbocycles. The molecule has 0 radical (unpaired) electrons. The summed E-state index contributed by atoms with van der Waals surface area (Å²) in [5, 5.41) is 24.0. The van der Waals surface area contributed by atoms with E-state index in [0.29, 0.717) is 39.7 Å². The molecule has 0 aliphatic rings. The summed E-state index contributed by atoms with van der Waals surface area (Å²) < 4.78 is 10.3. The van der Waals surface area contributed by atoms with E-state index >= 15 is 0 Å². The standard InChI is InChI=1S/C31H31N5O7/c1-18-6-4-5-7-23(18)34-31(41)35-24-13-8-20(15-27(24)42-3)16-28(37)32-22-11-9-21(10-12-22)25(17-29(38)39)33-30(40)26-14-19(2)43-36-26/h4-15,25H,16-17H2,1-3H3,(H,32,37)(H,33,40)(H,38,39)(H2,34,35,41)/t25-/m1/s1. The molecule has 0 spiro atoms. The Morgan fingerprint density at radius 1 is 0.907 bits per heavy atom. The van der Waals surface area contributed by atoms with Gasteiger partial charge in [-0.1, -0.05) is 41.6 Å². The monoisotopic (exact) mass is 585 g/mol. The van der Waals surface area contributed by atoms with Crippen LogP contribution in [0.15, 0.2) is 77.3 Å². The predicted molar refractivity (Wildman–Crippen MR) is 159 cm³/mol. The number of benzene rings is 3. The van der Waals surface area contributed by atoms with Crippen LogP contribution in [-0.2, 0) is 16.0 Å². The maximum absolute atomic E-state index is 12.8. The quantitative estimate of drug-likeness (QED) is 0.162. The summed E-state index contributed by atoms with van der Waals surface area (Å²) in [6, 6.07) is 19.1. The third-order valence-electron chi connectivity index (χ3n) is 6.41. The second-order valence-corrected chi connectivity index (χ2v) is 9.72. The minimum absolute atomic E-state index is 0.0304. The van der Waals surface area contributed by atoms with Gasteiger partial charge in [-0.2, -0.15) is 0 Å². The number of carbonyl (C=O) groups excluding carboxylic acids is 3. The molecule has 4 rings (SSSR count). The van der Waals surface area contributed by atoms with Crippen molar-refractivity contribution in [2.45, 2.75) is 32.7 Å². The maximum Gasteiger partial charge on any atom is 0.323 e. The van der Waals surface area contributed by atoms with Crippen LogP contribution >= 0.6 is 0 Å². The van der Waals surface area contributed by atoms with Crippen molar-refractivity contribution in [1.82, 2.24) is 10.5 Å². The van der Waals surface area contributed by atoms with Gasteiger partial charge < -0.3 is 35.6 Å². The van der Waals surface area contributed by atoms with E-state index in [-0.39, 0.29) is 24.4 Å². The highest BCUT2D eigenvalue weighted by atomic mass is 16.5. The van der Waals surface area contributed by atoms with Crippen molar-refractivity contribution < 1.29 is 33.5 Å². The van der Waals surface area contributed by atoms with Crippen LogP contribution in [0.1, 0.15) is 45.4 Å². The smallest absolute Gasteiger partial charge is 0.323 e. The SMILES string of the molecule is COc1cc(CC(=O)Nc2ccc([C@@H](CC(=O)O)NC(=O)c3cc(C)on3)cc2)ccc1NC(=O)Nc1ccccc1C. The molecule has 4 aromatic rings. The van der Waals surface area contributed by atoms with Crippen LogP contribution in [0.3, 0.4) is 0 Å². The maximum atomic E-state index is 12.8. The molecule has 3 aromatic carbocycles. The van der Waals surface area contributed by atoms with E-state index in [1.165, 1.54) is 13.2 Å². The van der Waals surface area contributed by atoms with Crippen molar-refractivity contribution in [3.05, 3.63) is 101 Å². The number of ether oxygens (including phenoxy) is 1. The molecule has 0 saturated carbocycles. The number of hydrogen-bond donors (Lipinski definition) is 5. The predicted octanol–water partition coefficient (Wildman–Crippen LogP) is 5.07. The third-order valence-corrected chi connectivity index (χ3v) is 6.41. The molecular formula is C31H31N5O7. The number of urea groups is 1. The van der Waals surface area contributed by atoms with Crippen molar-refractivity contribution in [2.24, 2.45) is 0 Å². The topological polar surface area (TPSA) is 172 Å². The van der Waals surface area contributed by atoms with Crippen LogP contribution in [0.2, 0.25) is 0 Å². The number of aliphatic carboxylic acids is 1. The molecule has 0 aliphatic heterocycles. The molecule has 12 nitrogen and oxygen atoms in total. The van der Waals surface area contributed by atoms with Crippen LogP contribution in [-0.4, -0.2) is 41.2 Å². The summed E-state index contributed by atoms with van der Waals surface area (Å²) in [6.07, 6.45) is -0.322. The molecule has 0 saturated heterocycles. The first-order valence-electron chi connectivity index (χ1n) is 13.3. The lowest BCUT2D eigenvalue weighted by atomic mass is 10.0. The Kier molecular flexibility index (Phi) is 9.74.